The maximum absolute atomic E-state index is 12.3. The Morgan fingerprint density at radius 2 is 1.65 bits per heavy atom. The number of aryl methyl sites for hydroxylation is 1. The number of anilines is 1. The molecule has 0 saturated heterocycles. The van der Waals surface area contributed by atoms with Crippen molar-refractivity contribution in [2.75, 3.05) is 39.2 Å². The summed E-state index contributed by atoms with van der Waals surface area (Å²) in [6.45, 7) is 7.46. The minimum atomic E-state index is -0.599. The number of imide groups is 1. The Morgan fingerprint density at radius 1 is 0.968 bits per heavy atom. The van der Waals surface area contributed by atoms with Gasteiger partial charge in [-0.05, 0) is 45.0 Å². The van der Waals surface area contributed by atoms with E-state index in [9.17, 15) is 9.59 Å². The van der Waals surface area contributed by atoms with Gasteiger partial charge in [-0.25, -0.2) is 4.79 Å². The molecule has 31 heavy (non-hydrogen) atoms. The molecule has 0 fully saturated rings. The third-order valence-corrected chi connectivity index (χ3v) is 4.44. The van der Waals surface area contributed by atoms with Crippen LogP contribution in [0.1, 0.15) is 25.0 Å². The van der Waals surface area contributed by atoms with Crippen molar-refractivity contribution in [3.8, 4) is 17.2 Å². The van der Waals surface area contributed by atoms with E-state index in [0.717, 1.165) is 21.8 Å². The topological polar surface area (TPSA) is 90.3 Å². The predicted octanol–water partition coefficient (Wildman–Crippen LogP) is 2.16. The van der Waals surface area contributed by atoms with E-state index in [1.165, 1.54) is 0 Å². The first kappa shape index (κ1) is 24.0. The number of hydrogen-bond donors (Lipinski definition) is 3. The summed E-state index contributed by atoms with van der Waals surface area (Å²) in [6, 6.07) is 10.4. The summed E-state index contributed by atoms with van der Waals surface area (Å²) in [6.07, 6.45) is 0. The number of carbonyl (C=O) groups excluding carboxylic acids is 2. The molecule has 2 aromatic rings. The monoisotopic (exact) mass is 430 g/mol. The van der Waals surface area contributed by atoms with E-state index in [-0.39, 0.29) is 12.5 Å². The molecular formula is C23H32N3O5+. The van der Waals surface area contributed by atoms with Gasteiger partial charge in [-0.15, -0.1) is 0 Å². The fourth-order valence-electron chi connectivity index (χ4n) is 3.17. The number of urea groups is 1. The van der Waals surface area contributed by atoms with E-state index in [0.29, 0.717) is 36.9 Å². The number of benzene rings is 2. The molecule has 8 nitrogen and oxygen atoms in total. The molecule has 3 N–H and O–H groups in total. The smallest absolute Gasteiger partial charge is 0.326 e. The minimum absolute atomic E-state index is 0.137. The standard InChI is InChI=1S/C23H31N3O5/c1-6-30-20-11-9-18(13-21(20)31-7-2)24-23(28)25-22(27)15-26(4)14-17-12-16(3)8-10-19(17)29-5/h8-13H,6-7,14-15H2,1-5H3,(H2,24,25,27,28)/p+1. The van der Waals surface area contributed by atoms with Crippen LogP contribution in [0.5, 0.6) is 17.2 Å². The Balaban J connectivity index is 1.91. The van der Waals surface area contributed by atoms with Crippen LogP contribution in [-0.4, -0.2) is 45.9 Å². The van der Waals surface area contributed by atoms with Crippen LogP contribution in [0.4, 0.5) is 10.5 Å². The lowest BCUT2D eigenvalue weighted by molar-refractivity contribution is -0.885. The quantitative estimate of drug-likeness (QED) is 0.538. The number of rotatable bonds is 10. The summed E-state index contributed by atoms with van der Waals surface area (Å²) >= 11 is 0. The molecule has 0 aliphatic carbocycles. The molecule has 2 rings (SSSR count). The van der Waals surface area contributed by atoms with Crippen molar-refractivity contribution < 1.29 is 28.7 Å². The van der Waals surface area contributed by atoms with E-state index in [2.05, 4.69) is 10.6 Å². The summed E-state index contributed by atoms with van der Waals surface area (Å²) in [4.78, 5) is 25.5. The van der Waals surface area contributed by atoms with E-state index in [1.807, 2.05) is 46.0 Å². The van der Waals surface area contributed by atoms with Crippen molar-refractivity contribution in [1.29, 1.82) is 0 Å². The molecule has 168 valence electrons. The average molecular weight is 431 g/mol. The molecule has 0 aliphatic rings. The Morgan fingerprint density at radius 3 is 2.32 bits per heavy atom. The molecule has 0 saturated carbocycles. The van der Waals surface area contributed by atoms with Crippen molar-refractivity contribution >= 4 is 17.6 Å². The van der Waals surface area contributed by atoms with Crippen LogP contribution in [0.2, 0.25) is 0 Å². The average Bonchev–Trinajstić information content (AvgIpc) is 2.70. The third-order valence-electron chi connectivity index (χ3n) is 4.44. The first-order chi connectivity index (χ1) is 14.9. The van der Waals surface area contributed by atoms with Crippen LogP contribution in [0.3, 0.4) is 0 Å². The largest absolute Gasteiger partial charge is 0.496 e. The maximum Gasteiger partial charge on any atom is 0.326 e. The lowest BCUT2D eigenvalue weighted by atomic mass is 10.1. The number of amides is 3. The second kappa shape index (κ2) is 11.8. The van der Waals surface area contributed by atoms with Gasteiger partial charge in [0.25, 0.3) is 5.91 Å². The second-order valence-electron chi connectivity index (χ2n) is 7.16. The number of ether oxygens (including phenoxy) is 3. The second-order valence-corrected chi connectivity index (χ2v) is 7.16. The molecule has 0 spiro atoms. The zero-order valence-corrected chi connectivity index (χ0v) is 18.8. The Kier molecular flexibility index (Phi) is 9.14. The van der Waals surface area contributed by atoms with Gasteiger partial charge in [-0.2, -0.15) is 0 Å². The number of hydrogen-bond acceptors (Lipinski definition) is 5. The number of quaternary nitrogens is 1. The highest BCUT2D eigenvalue weighted by Crippen LogP contribution is 2.30. The molecule has 8 heteroatoms. The highest BCUT2D eigenvalue weighted by Gasteiger charge is 2.16. The first-order valence-electron chi connectivity index (χ1n) is 10.3. The van der Waals surface area contributed by atoms with E-state index < -0.39 is 6.03 Å². The van der Waals surface area contributed by atoms with Gasteiger partial charge in [-0.3, -0.25) is 10.1 Å². The highest BCUT2D eigenvalue weighted by molar-refractivity contribution is 6.01. The van der Waals surface area contributed by atoms with Crippen LogP contribution in [0, 0.1) is 6.92 Å². The molecule has 3 amide bonds. The lowest BCUT2D eigenvalue weighted by Gasteiger charge is -2.16. The summed E-state index contributed by atoms with van der Waals surface area (Å²) in [5.41, 5.74) is 2.63. The van der Waals surface area contributed by atoms with Crippen LogP contribution < -0.4 is 29.7 Å². The number of likely N-dealkylation sites (N-methyl/N-ethyl adjacent to an activating group) is 1. The van der Waals surface area contributed by atoms with E-state index in [1.54, 1.807) is 25.3 Å². The Hall–Kier alpha value is -3.26. The van der Waals surface area contributed by atoms with Gasteiger partial charge in [0.15, 0.2) is 18.0 Å². The SMILES string of the molecule is CCOc1ccc(NC(=O)NC(=O)C[NH+](C)Cc2cc(C)ccc2OC)cc1OCC. The zero-order valence-electron chi connectivity index (χ0n) is 18.8. The molecular weight excluding hydrogens is 398 g/mol. The van der Waals surface area contributed by atoms with Crippen molar-refractivity contribution in [1.82, 2.24) is 5.32 Å². The fourth-order valence-corrected chi connectivity index (χ4v) is 3.17. The molecule has 0 radical (unpaired) electrons. The minimum Gasteiger partial charge on any atom is -0.496 e. The Labute approximate surface area is 183 Å². The van der Waals surface area contributed by atoms with Crippen molar-refractivity contribution in [3.63, 3.8) is 0 Å². The van der Waals surface area contributed by atoms with Gasteiger partial charge in [-0.1, -0.05) is 11.6 Å². The third kappa shape index (κ3) is 7.49. The lowest BCUT2D eigenvalue weighted by Crippen LogP contribution is -3.09. The van der Waals surface area contributed by atoms with Crippen LogP contribution in [0.25, 0.3) is 0 Å². The number of nitrogens with one attached hydrogen (secondary N) is 3. The van der Waals surface area contributed by atoms with Crippen molar-refractivity contribution in [3.05, 3.63) is 47.5 Å². The Bertz CT molecular complexity index is 901. The summed E-state index contributed by atoms with van der Waals surface area (Å²) in [5, 5.41) is 5.02. The van der Waals surface area contributed by atoms with Gasteiger partial charge in [0.05, 0.1) is 27.4 Å². The summed E-state index contributed by atoms with van der Waals surface area (Å²) in [7, 11) is 3.51. The molecule has 2 aromatic carbocycles. The fraction of sp³-hybridized carbons (Fsp3) is 0.391. The van der Waals surface area contributed by atoms with Crippen molar-refractivity contribution in [2.45, 2.75) is 27.3 Å². The van der Waals surface area contributed by atoms with Gasteiger partial charge < -0.3 is 24.4 Å². The molecule has 1 unspecified atom stereocenters. The zero-order chi connectivity index (χ0) is 22.8. The van der Waals surface area contributed by atoms with E-state index in [4.69, 9.17) is 14.2 Å². The maximum atomic E-state index is 12.3. The normalized spacial score (nSPS) is 11.4. The van der Waals surface area contributed by atoms with Gasteiger partial charge >= 0.3 is 6.03 Å². The van der Waals surface area contributed by atoms with Crippen LogP contribution in [0.15, 0.2) is 36.4 Å². The van der Waals surface area contributed by atoms with Gasteiger partial charge in [0.2, 0.25) is 0 Å². The number of methoxy groups -OCH3 is 1. The summed E-state index contributed by atoms with van der Waals surface area (Å²) in [5.74, 6) is 1.54. The van der Waals surface area contributed by atoms with Gasteiger partial charge in [0, 0.05) is 17.3 Å². The molecule has 0 aliphatic heterocycles. The molecule has 0 bridgehead atoms. The van der Waals surface area contributed by atoms with E-state index >= 15 is 0 Å². The first-order valence-corrected chi connectivity index (χ1v) is 10.3. The van der Waals surface area contributed by atoms with Crippen molar-refractivity contribution in [2.24, 2.45) is 0 Å². The van der Waals surface area contributed by atoms with Crippen LogP contribution >= 0.6 is 0 Å². The van der Waals surface area contributed by atoms with Crippen LogP contribution in [-0.2, 0) is 11.3 Å². The predicted molar refractivity (Wildman–Crippen MR) is 119 cm³/mol. The molecule has 0 heterocycles. The molecule has 0 aromatic heterocycles. The van der Waals surface area contributed by atoms with Gasteiger partial charge in [0.1, 0.15) is 12.3 Å². The summed E-state index contributed by atoms with van der Waals surface area (Å²) < 4.78 is 16.5. The molecule has 1 atom stereocenters. The number of carbonyl (C=O) groups is 2. The highest BCUT2D eigenvalue weighted by atomic mass is 16.5.